The predicted octanol–water partition coefficient (Wildman–Crippen LogP) is 2.49. The van der Waals surface area contributed by atoms with Gasteiger partial charge in [0.25, 0.3) is 0 Å². The van der Waals surface area contributed by atoms with Crippen molar-refractivity contribution in [2.45, 2.75) is 44.9 Å². The maximum Gasteiger partial charge on any atom is 0.238 e. The van der Waals surface area contributed by atoms with Crippen LogP contribution >= 0.6 is 0 Å². The number of rotatable bonds is 3. The molecular formula is C18H26N4O. The summed E-state index contributed by atoms with van der Waals surface area (Å²) in [7, 11) is 0. The lowest BCUT2D eigenvalue weighted by Gasteiger charge is -2.52. The van der Waals surface area contributed by atoms with Crippen LogP contribution in [-0.4, -0.2) is 47.0 Å². The van der Waals surface area contributed by atoms with Gasteiger partial charge in [0, 0.05) is 32.0 Å². The average molecular weight is 314 g/mol. The van der Waals surface area contributed by atoms with Crippen LogP contribution in [-0.2, 0) is 4.79 Å². The number of nitrogens with zero attached hydrogens (tertiary/aromatic N) is 4. The van der Waals surface area contributed by atoms with Crippen molar-refractivity contribution in [1.29, 1.82) is 0 Å². The van der Waals surface area contributed by atoms with Gasteiger partial charge in [0.15, 0.2) is 0 Å². The van der Waals surface area contributed by atoms with Crippen molar-refractivity contribution < 1.29 is 4.79 Å². The number of carbonyl (C=O) groups is 1. The number of β-lactam (4-membered cyclic amide) rings is 1. The van der Waals surface area contributed by atoms with E-state index in [4.69, 9.17) is 0 Å². The molecule has 1 atom stereocenters. The van der Waals surface area contributed by atoms with Crippen molar-refractivity contribution in [3.8, 4) is 0 Å². The zero-order valence-electron chi connectivity index (χ0n) is 13.8. The number of hydrogen-bond donors (Lipinski definition) is 0. The number of amides is 1. The first-order chi connectivity index (χ1) is 11.3. The van der Waals surface area contributed by atoms with Crippen LogP contribution in [0.2, 0.25) is 0 Å². The topological polar surface area (TPSA) is 49.3 Å². The average Bonchev–Trinajstić information content (AvgIpc) is 2.61. The number of hydrogen-bond acceptors (Lipinski definition) is 4. The molecule has 5 nitrogen and oxygen atoms in total. The number of likely N-dealkylation sites (tertiary alicyclic amines) is 1. The van der Waals surface area contributed by atoms with Gasteiger partial charge in [-0.1, -0.05) is 19.3 Å². The summed E-state index contributed by atoms with van der Waals surface area (Å²) in [5.41, 5.74) is -0.161. The summed E-state index contributed by atoms with van der Waals surface area (Å²) in [4.78, 5) is 25.6. The van der Waals surface area contributed by atoms with Crippen LogP contribution in [0.5, 0.6) is 0 Å². The summed E-state index contributed by atoms with van der Waals surface area (Å²) in [6, 6.07) is 1.79. The first kappa shape index (κ1) is 15.1. The summed E-state index contributed by atoms with van der Waals surface area (Å²) < 4.78 is 0. The molecule has 1 aromatic rings. The number of anilines is 1. The van der Waals surface area contributed by atoms with Crippen molar-refractivity contribution in [1.82, 2.24) is 14.9 Å². The van der Waals surface area contributed by atoms with Crippen molar-refractivity contribution in [2.24, 2.45) is 11.3 Å². The first-order valence-corrected chi connectivity index (χ1v) is 9.08. The number of aromatic nitrogens is 2. The highest BCUT2D eigenvalue weighted by atomic mass is 16.2. The van der Waals surface area contributed by atoms with E-state index in [9.17, 15) is 4.79 Å². The van der Waals surface area contributed by atoms with Gasteiger partial charge >= 0.3 is 0 Å². The van der Waals surface area contributed by atoms with E-state index in [0.29, 0.717) is 5.95 Å². The molecule has 0 aromatic carbocycles. The van der Waals surface area contributed by atoms with Crippen LogP contribution in [0.4, 0.5) is 5.95 Å². The fourth-order valence-electron chi connectivity index (χ4n) is 4.65. The van der Waals surface area contributed by atoms with Crippen LogP contribution in [0.25, 0.3) is 0 Å². The minimum atomic E-state index is -0.161. The lowest BCUT2D eigenvalue weighted by Crippen LogP contribution is -2.67. The van der Waals surface area contributed by atoms with E-state index in [1.165, 1.54) is 38.6 Å². The zero-order valence-corrected chi connectivity index (χ0v) is 13.8. The lowest BCUT2D eigenvalue weighted by molar-refractivity contribution is -0.139. The summed E-state index contributed by atoms with van der Waals surface area (Å²) in [5, 5.41) is 0. The normalized spacial score (nSPS) is 29.7. The molecule has 1 amide bonds. The first-order valence-electron chi connectivity index (χ1n) is 9.08. The third-order valence-electron chi connectivity index (χ3n) is 5.85. The molecule has 0 unspecified atom stereocenters. The molecule has 23 heavy (non-hydrogen) atoms. The van der Waals surface area contributed by atoms with E-state index in [2.05, 4.69) is 14.9 Å². The Kier molecular flexibility index (Phi) is 4.05. The largest absolute Gasteiger partial charge is 0.302 e. The van der Waals surface area contributed by atoms with Gasteiger partial charge in [-0.05, 0) is 44.2 Å². The molecule has 1 spiro atoms. The summed E-state index contributed by atoms with van der Waals surface area (Å²) in [6.07, 6.45) is 12.5. The highest BCUT2D eigenvalue weighted by Gasteiger charge is 2.55. The highest BCUT2D eigenvalue weighted by Crippen LogP contribution is 2.42. The fraction of sp³-hybridized carbons (Fsp3) is 0.722. The van der Waals surface area contributed by atoms with Gasteiger partial charge in [-0.15, -0.1) is 0 Å². The molecule has 1 aliphatic carbocycles. The quantitative estimate of drug-likeness (QED) is 0.804. The standard InChI is InChI=1S/C18H26N4O/c23-16-18(14-22(16)17-19-9-5-10-20-17)8-4-11-21(13-18)12-15-6-2-1-3-7-15/h5,9-10,15H,1-4,6-8,11-14H2/t18-/m1/s1. The van der Waals surface area contributed by atoms with Gasteiger partial charge < -0.3 is 4.90 Å². The van der Waals surface area contributed by atoms with Gasteiger partial charge in [0.1, 0.15) is 0 Å². The van der Waals surface area contributed by atoms with Gasteiger partial charge in [-0.2, -0.15) is 0 Å². The Morgan fingerprint density at radius 1 is 1.09 bits per heavy atom. The SMILES string of the molecule is O=C1N(c2ncccn2)C[C@]12CCCN(CC1CCCCC1)C2. The van der Waals surface area contributed by atoms with Crippen molar-refractivity contribution in [3.05, 3.63) is 18.5 Å². The van der Waals surface area contributed by atoms with Crippen LogP contribution in [0, 0.1) is 11.3 Å². The zero-order chi connectivity index (χ0) is 15.7. The predicted molar refractivity (Wildman–Crippen MR) is 89.1 cm³/mol. The molecule has 2 aliphatic heterocycles. The summed E-state index contributed by atoms with van der Waals surface area (Å²) in [6.45, 7) is 4.08. The second kappa shape index (κ2) is 6.19. The minimum absolute atomic E-state index is 0.161. The van der Waals surface area contributed by atoms with Crippen molar-refractivity contribution in [3.63, 3.8) is 0 Å². The van der Waals surface area contributed by atoms with Crippen LogP contribution in [0.3, 0.4) is 0 Å². The molecule has 0 bridgehead atoms. The second-order valence-corrected chi connectivity index (χ2v) is 7.56. The molecular weight excluding hydrogens is 288 g/mol. The van der Waals surface area contributed by atoms with Crippen LogP contribution < -0.4 is 4.90 Å². The Bertz CT molecular complexity index is 557. The molecule has 3 heterocycles. The number of carbonyl (C=O) groups excluding carboxylic acids is 1. The lowest BCUT2D eigenvalue weighted by atomic mass is 9.72. The molecule has 5 heteroatoms. The van der Waals surface area contributed by atoms with E-state index in [-0.39, 0.29) is 11.3 Å². The van der Waals surface area contributed by atoms with E-state index in [0.717, 1.165) is 38.4 Å². The van der Waals surface area contributed by atoms with Crippen LogP contribution in [0.15, 0.2) is 18.5 Å². The molecule has 124 valence electrons. The molecule has 1 saturated carbocycles. The molecule has 3 fully saturated rings. The smallest absolute Gasteiger partial charge is 0.238 e. The van der Waals surface area contributed by atoms with E-state index in [1.807, 2.05) is 0 Å². The Labute approximate surface area is 138 Å². The van der Waals surface area contributed by atoms with Crippen molar-refractivity contribution >= 4 is 11.9 Å². The second-order valence-electron chi connectivity index (χ2n) is 7.56. The third kappa shape index (κ3) is 2.87. The van der Waals surface area contributed by atoms with Crippen molar-refractivity contribution in [2.75, 3.05) is 31.1 Å². The maximum absolute atomic E-state index is 12.8. The van der Waals surface area contributed by atoms with E-state index < -0.39 is 0 Å². The van der Waals surface area contributed by atoms with Gasteiger partial charge in [0.2, 0.25) is 11.9 Å². The van der Waals surface area contributed by atoms with E-state index >= 15 is 0 Å². The molecule has 2 saturated heterocycles. The summed E-state index contributed by atoms with van der Waals surface area (Å²) >= 11 is 0. The number of piperidine rings is 1. The van der Waals surface area contributed by atoms with Gasteiger partial charge in [-0.3, -0.25) is 9.69 Å². The highest BCUT2D eigenvalue weighted by molar-refractivity contribution is 6.03. The monoisotopic (exact) mass is 314 g/mol. The third-order valence-corrected chi connectivity index (χ3v) is 5.85. The Balaban J connectivity index is 1.39. The molecule has 4 rings (SSSR count). The Morgan fingerprint density at radius 3 is 2.61 bits per heavy atom. The maximum atomic E-state index is 12.8. The van der Waals surface area contributed by atoms with Gasteiger partial charge in [-0.25, -0.2) is 9.97 Å². The van der Waals surface area contributed by atoms with Gasteiger partial charge in [0.05, 0.1) is 5.41 Å². The fourth-order valence-corrected chi connectivity index (χ4v) is 4.65. The van der Waals surface area contributed by atoms with Crippen LogP contribution in [0.1, 0.15) is 44.9 Å². The molecule has 0 radical (unpaired) electrons. The molecule has 3 aliphatic rings. The summed E-state index contributed by atoms with van der Waals surface area (Å²) in [5.74, 6) is 1.65. The molecule has 0 N–H and O–H groups in total. The molecule has 1 aromatic heterocycles. The Morgan fingerprint density at radius 2 is 1.87 bits per heavy atom. The Hall–Kier alpha value is -1.49. The minimum Gasteiger partial charge on any atom is -0.302 e. The van der Waals surface area contributed by atoms with E-state index in [1.54, 1.807) is 23.4 Å².